The summed E-state index contributed by atoms with van der Waals surface area (Å²) in [7, 11) is 5.76. The van der Waals surface area contributed by atoms with E-state index in [1.54, 1.807) is 13.1 Å². The Kier molecular flexibility index (Phi) is 10.8. The monoisotopic (exact) mass is 400 g/mol. The van der Waals surface area contributed by atoms with Gasteiger partial charge in [0.05, 0.1) is 0 Å². The van der Waals surface area contributed by atoms with Gasteiger partial charge in [-0.3, -0.25) is 0 Å². The molecule has 10 nitrogen and oxygen atoms in total. The lowest BCUT2D eigenvalue weighted by atomic mass is 10.1. The van der Waals surface area contributed by atoms with Crippen LogP contribution in [0.25, 0.3) is 0 Å². The molecule has 0 radical (unpaired) electrons. The first-order chi connectivity index (χ1) is 12.9. The molecular formula is C18H28N2O8. The Morgan fingerprint density at radius 1 is 1.04 bits per heavy atom. The highest BCUT2D eigenvalue weighted by Crippen LogP contribution is 2.22. The van der Waals surface area contributed by atoms with Crippen molar-refractivity contribution in [3.05, 3.63) is 29.8 Å². The van der Waals surface area contributed by atoms with Crippen LogP contribution >= 0.6 is 0 Å². The Balaban J connectivity index is 0.000000621. The van der Waals surface area contributed by atoms with Gasteiger partial charge in [-0.2, -0.15) is 0 Å². The second kappa shape index (κ2) is 11.9. The van der Waals surface area contributed by atoms with E-state index in [1.807, 2.05) is 39.2 Å². The Morgan fingerprint density at radius 2 is 1.54 bits per heavy atom. The van der Waals surface area contributed by atoms with E-state index in [-0.39, 0.29) is 12.1 Å². The third kappa shape index (κ3) is 8.33. The van der Waals surface area contributed by atoms with Crippen LogP contribution in [0, 0.1) is 0 Å². The van der Waals surface area contributed by atoms with Crippen molar-refractivity contribution in [3.8, 4) is 5.75 Å². The minimum Gasteiger partial charge on any atom is -0.479 e. The molecule has 4 N–H and O–H groups in total. The number of aliphatic hydroxyl groups excluding tert-OH is 2. The summed E-state index contributed by atoms with van der Waals surface area (Å²) in [6.45, 7) is 4.65. The summed E-state index contributed by atoms with van der Waals surface area (Å²) in [4.78, 5) is 34.8. The second-order valence-electron chi connectivity index (χ2n) is 6.16. The van der Waals surface area contributed by atoms with E-state index in [9.17, 15) is 14.4 Å². The van der Waals surface area contributed by atoms with Gasteiger partial charge < -0.3 is 35.0 Å². The molecule has 10 heteroatoms. The molecule has 0 aliphatic carbocycles. The summed E-state index contributed by atoms with van der Waals surface area (Å²) < 4.78 is 5.31. The van der Waals surface area contributed by atoms with Crippen molar-refractivity contribution in [2.45, 2.75) is 32.1 Å². The molecule has 1 rings (SSSR count). The van der Waals surface area contributed by atoms with Crippen molar-refractivity contribution in [1.29, 1.82) is 0 Å². The Morgan fingerprint density at radius 3 is 1.93 bits per heavy atom. The molecule has 0 fully saturated rings. The highest BCUT2D eigenvalue weighted by molar-refractivity contribution is 5.83. The number of carbonyl (C=O) groups is 3. The molecule has 0 saturated carbocycles. The summed E-state index contributed by atoms with van der Waals surface area (Å²) in [5.41, 5.74) is 1.13. The fraction of sp³-hybridized carbons (Fsp3) is 0.500. The van der Waals surface area contributed by atoms with Gasteiger partial charge in [-0.05, 0) is 45.6 Å². The first kappa shape index (κ1) is 25.3. The topological polar surface area (TPSA) is 148 Å². The van der Waals surface area contributed by atoms with Gasteiger partial charge in [0.25, 0.3) is 0 Å². The molecule has 158 valence electrons. The van der Waals surface area contributed by atoms with Crippen LogP contribution in [-0.4, -0.2) is 88.2 Å². The zero-order chi connectivity index (χ0) is 22.0. The minimum absolute atomic E-state index is 0.285. The van der Waals surface area contributed by atoms with Gasteiger partial charge in [-0.15, -0.1) is 0 Å². The molecule has 0 bridgehead atoms. The summed E-state index contributed by atoms with van der Waals surface area (Å²) in [5.74, 6) is -2.95. The molecule has 0 aromatic heterocycles. The van der Waals surface area contributed by atoms with Crippen LogP contribution in [0.2, 0.25) is 0 Å². The molecule has 0 heterocycles. The molecule has 3 atom stereocenters. The second-order valence-corrected chi connectivity index (χ2v) is 6.16. The molecule has 0 aliphatic rings. The third-order valence-electron chi connectivity index (χ3n) is 3.91. The molecule has 0 spiro atoms. The average molecular weight is 400 g/mol. The maximum atomic E-state index is 11.7. The third-order valence-corrected chi connectivity index (χ3v) is 3.91. The number of ether oxygens (including phenoxy) is 1. The molecule has 1 aromatic carbocycles. The van der Waals surface area contributed by atoms with Crippen LogP contribution in [0.4, 0.5) is 4.79 Å². The van der Waals surface area contributed by atoms with E-state index in [0.29, 0.717) is 12.3 Å². The molecule has 1 aromatic rings. The molecule has 28 heavy (non-hydrogen) atoms. The number of carbonyl (C=O) groups excluding carboxylic acids is 1. The molecular weight excluding hydrogens is 372 g/mol. The smallest absolute Gasteiger partial charge is 0.414 e. The molecule has 0 saturated heterocycles. The SMILES string of the molecule is CCN(C)C(=O)Oc1cccc([C@H](C)N(C)C)c1.O=C(O)[C@H](O)[C@@H](O)C(=O)O. The summed E-state index contributed by atoms with van der Waals surface area (Å²) >= 11 is 0. The van der Waals surface area contributed by atoms with E-state index >= 15 is 0 Å². The largest absolute Gasteiger partial charge is 0.479 e. The van der Waals surface area contributed by atoms with Crippen molar-refractivity contribution < 1.29 is 39.5 Å². The van der Waals surface area contributed by atoms with Gasteiger partial charge in [0, 0.05) is 19.6 Å². The van der Waals surface area contributed by atoms with Gasteiger partial charge >= 0.3 is 18.0 Å². The predicted molar refractivity (Wildman–Crippen MR) is 100 cm³/mol. The number of rotatable bonds is 7. The van der Waals surface area contributed by atoms with Crippen LogP contribution in [0.15, 0.2) is 24.3 Å². The molecule has 0 unspecified atom stereocenters. The van der Waals surface area contributed by atoms with Gasteiger partial charge in [0.2, 0.25) is 0 Å². The van der Waals surface area contributed by atoms with Crippen LogP contribution < -0.4 is 4.74 Å². The number of benzene rings is 1. The van der Waals surface area contributed by atoms with Crippen molar-refractivity contribution in [2.24, 2.45) is 0 Å². The van der Waals surface area contributed by atoms with E-state index in [2.05, 4.69) is 11.8 Å². The summed E-state index contributed by atoms with van der Waals surface area (Å²) in [5, 5.41) is 32.5. The quantitative estimate of drug-likeness (QED) is 0.517. The van der Waals surface area contributed by atoms with Crippen LogP contribution in [0.1, 0.15) is 25.5 Å². The van der Waals surface area contributed by atoms with Crippen molar-refractivity contribution in [3.63, 3.8) is 0 Å². The van der Waals surface area contributed by atoms with Crippen molar-refractivity contribution >= 4 is 18.0 Å². The van der Waals surface area contributed by atoms with E-state index in [4.69, 9.17) is 25.2 Å². The zero-order valence-corrected chi connectivity index (χ0v) is 16.6. The lowest BCUT2D eigenvalue weighted by molar-refractivity contribution is -0.165. The number of amides is 1. The molecule has 1 amide bonds. The summed E-state index contributed by atoms with van der Waals surface area (Å²) in [6, 6.07) is 7.93. The van der Waals surface area contributed by atoms with Crippen LogP contribution in [0.3, 0.4) is 0 Å². The highest BCUT2D eigenvalue weighted by atomic mass is 16.6. The fourth-order valence-corrected chi connectivity index (χ4v) is 1.71. The fourth-order valence-electron chi connectivity index (χ4n) is 1.71. The number of aliphatic hydroxyl groups is 2. The van der Waals surface area contributed by atoms with Gasteiger partial charge in [0.1, 0.15) is 5.75 Å². The first-order valence-corrected chi connectivity index (χ1v) is 8.43. The van der Waals surface area contributed by atoms with Crippen LogP contribution in [0.5, 0.6) is 5.75 Å². The van der Waals surface area contributed by atoms with Gasteiger partial charge in [0.15, 0.2) is 12.2 Å². The van der Waals surface area contributed by atoms with Crippen molar-refractivity contribution in [2.75, 3.05) is 27.7 Å². The number of aliphatic carboxylic acids is 2. The number of hydrogen-bond acceptors (Lipinski definition) is 7. The Bertz CT molecular complexity index is 647. The minimum atomic E-state index is -2.27. The lowest BCUT2D eigenvalue weighted by Gasteiger charge is -2.21. The van der Waals surface area contributed by atoms with Crippen molar-refractivity contribution in [1.82, 2.24) is 9.80 Å². The maximum absolute atomic E-state index is 11.7. The summed E-state index contributed by atoms with van der Waals surface area (Å²) in [6.07, 6.45) is -4.86. The molecule has 0 aliphatic heterocycles. The van der Waals surface area contributed by atoms with Gasteiger partial charge in [-0.25, -0.2) is 14.4 Å². The van der Waals surface area contributed by atoms with E-state index < -0.39 is 24.1 Å². The zero-order valence-electron chi connectivity index (χ0n) is 16.6. The number of carboxylic acids is 2. The Hall–Kier alpha value is -2.69. The first-order valence-electron chi connectivity index (χ1n) is 8.43. The van der Waals surface area contributed by atoms with E-state index in [0.717, 1.165) is 5.56 Å². The highest BCUT2D eigenvalue weighted by Gasteiger charge is 2.29. The average Bonchev–Trinajstić information content (AvgIpc) is 2.65. The Labute approximate surface area is 163 Å². The maximum Gasteiger partial charge on any atom is 0.414 e. The van der Waals surface area contributed by atoms with E-state index in [1.165, 1.54) is 4.90 Å². The predicted octanol–water partition coefficient (Wildman–Crippen LogP) is 0.637. The normalized spacial score (nSPS) is 13.6. The number of carboxylic acid groups (broad SMARTS) is 2. The number of nitrogens with zero attached hydrogens (tertiary/aromatic N) is 2. The van der Waals surface area contributed by atoms with Crippen LogP contribution in [-0.2, 0) is 9.59 Å². The lowest BCUT2D eigenvalue weighted by Crippen LogP contribution is -2.39. The standard InChI is InChI=1S/C14H22N2O2.C4H6O6/c1-6-16(5)14(17)18-13-9-7-8-12(10-13)11(2)15(3)4;5-1(3(7)8)2(6)4(9)10/h7-11H,6H2,1-5H3;1-2,5-6H,(H,7,8)(H,9,10)/t11-;1-,2-/m01/s1. The number of hydrogen-bond donors (Lipinski definition) is 4. The van der Waals surface area contributed by atoms with Gasteiger partial charge in [-0.1, -0.05) is 12.1 Å².